The largest absolute Gasteiger partial charge is 0.490 e. The summed E-state index contributed by atoms with van der Waals surface area (Å²) in [6, 6.07) is 18.7. The zero-order valence-corrected chi connectivity index (χ0v) is 16.2. The summed E-state index contributed by atoms with van der Waals surface area (Å²) in [5.74, 6) is 1.11. The molecular weight excluding hydrogens is 368 g/mol. The van der Waals surface area contributed by atoms with Crippen LogP contribution in [0.4, 0.5) is 0 Å². The molecule has 1 aliphatic heterocycles. The molecule has 1 aliphatic rings. The van der Waals surface area contributed by atoms with Gasteiger partial charge in [-0.1, -0.05) is 30.3 Å². The maximum atomic E-state index is 12.2. The molecule has 6 heteroatoms. The summed E-state index contributed by atoms with van der Waals surface area (Å²) >= 11 is 0. The molecule has 29 heavy (non-hydrogen) atoms. The van der Waals surface area contributed by atoms with E-state index in [1.54, 1.807) is 30.3 Å². The molecule has 0 radical (unpaired) electrons. The van der Waals surface area contributed by atoms with E-state index in [4.69, 9.17) is 14.2 Å². The van der Waals surface area contributed by atoms with Crippen molar-refractivity contribution >= 4 is 12.0 Å². The number of ether oxygens (including phenoxy) is 3. The summed E-state index contributed by atoms with van der Waals surface area (Å²) in [4.78, 5) is 12.2. The fourth-order valence-electron chi connectivity index (χ4n) is 2.92. The summed E-state index contributed by atoms with van der Waals surface area (Å²) in [7, 11) is 0. The molecule has 1 N–H and O–H groups in total. The van der Waals surface area contributed by atoms with Crippen LogP contribution in [0.3, 0.4) is 0 Å². The molecule has 3 rings (SSSR count). The van der Waals surface area contributed by atoms with E-state index in [2.05, 4.69) is 5.32 Å². The lowest BCUT2D eigenvalue weighted by Gasteiger charge is -2.10. The van der Waals surface area contributed by atoms with Crippen LogP contribution in [0.2, 0.25) is 0 Å². The van der Waals surface area contributed by atoms with E-state index in [0.717, 1.165) is 30.8 Å². The van der Waals surface area contributed by atoms with Crippen molar-refractivity contribution in [1.82, 2.24) is 5.32 Å². The number of rotatable bonds is 9. The van der Waals surface area contributed by atoms with Gasteiger partial charge in [0.1, 0.15) is 36.4 Å². The molecule has 1 saturated heterocycles. The van der Waals surface area contributed by atoms with Gasteiger partial charge in [-0.05, 0) is 48.7 Å². The number of nitrogens with one attached hydrogen (secondary N) is 1. The highest BCUT2D eigenvalue weighted by atomic mass is 16.5. The number of nitrogens with zero attached hydrogens (tertiary/aromatic N) is 1. The Morgan fingerprint density at radius 1 is 1.10 bits per heavy atom. The van der Waals surface area contributed by atoms with Gasteiger partial charge in [0, 0.05) is 13.2 Å². The number of benzene rings is 2. The van der Waals surface area contributed by atoms with Crippen LogP contribution in [0.25, 0.3) is 6.08 Å². The van der Waals surface area contributed by atoms with Crippen LogP contribution in [0.1, 0.15) is 18.4 Å². The summed E-state index contributed by atoms with van der Waals surface area (Å²) in [5.41, 5.74) is 0.814. The monoisotopic (exact) mass is 392 g/mol. The molecule has 2 aromatic carbocycles. The fraction of sp³-hybridized carbons (Fsp3) is 0.304. The number of para-hydroxylation sites is 1. The first kappa shape index (κ1) is 20.4. The summed E-state index contributed by atoms with van der Waals surface area (Å²) in [5, 5.41) is 12.1. The summed E-state index contributed by atoms with van der Waals surface area (Å²) < 4.78 is 16.7. The van der Waals surface area contributed by atoms with Crippen molar-refractivity contribution in [2.75, 3.05) is 26.4 Å². The molecule has 2 aromatic rings. The van der Waals surface area contributed by atoms with Gasteiger partial charge in [0.05, 0.1) is 6.10 Å². The Balaban J connectivity index is 1.46. The average Bonchev–Trinajstić information content (AvgIpc) is 3.29. The van der Waals surface area contributed by atoms with Gasteiger partial charge in [0.2, 0.25) is 0 Å². The van der Waals surface area contributed by atoms with Crippen LogP contribution in [0.5, 0.6) is 11.5 Å². The predicted octanol–water partition coefficient (Wildman–Crippen LogP) is 3.35. The normalized spacial score (nSPS) is 16.1. The van der Waals surface area contributed by atoms with Gasteiger partial charge in [0.25, 0.3) is 5.91 Å². The molecule has 150 valence electrons. The summed E-state index contributed by atoms with van der Waals surface area (Å²) in [6.07, 6.45) is 3.55. The average molecular weight is 392 g/mol. The molecule has 1 heterocycles. The van der Waals surface area contributed by atoms with E-state index in [1.807, 2.05) is 36.4 Å². The number of carbonyl (C=O) groups excluding carboxylic acids is 1. The minimum atomic E-state index is -0.388. The third-order valence-corrected chi connectivity index (χ3v) is 4.43. The number of carbonyl (C=O) groups is 1. The Hall–Kier alpha value is -3.30. The molecule has 1 unspecified atom stereocenters. The minimum Gasteiger partial charge on any atom is -0.490 e. The first-order valence-electron chi connectivity index (χ1n) is 9.67. The Morgan fingerprint density at radius 2 is 1.79 bits per heavy atom. The van der Waals surface area contributed by atoms with Crippen molar-refractivity contribution in [2.45, 2.75) is 18.9 Å². The van der Waals surface area contributed by atoms with Gasteiger partial charge in [0.15, 0.2) is 0 Å². The lowest BCUT2D eigenvalue weighted by atomic mass is 10.1. The first-order valence-corrected chi connectivity index (χ1v) is 9.67. The SMILES string of the molecule is N#C/C(=C\c1ccc(OCCOc2ccccc2)cc1)C(=O)NCC1CCCO1. The Bertz CT molecular complexity index is 851. The van der Waals surface area contributed by atoms with Gasteiger partial charge in [-0.2, -0.15) is 5.26 Å². The van der Waals surface area contributed by atoms with Crippen LogP contribution in [0, 0.1) is 11.3 Å². The van der Waals surface area contributed by atoms with E-state index in [1.165, 1.54) is 0 Å². The molecule has 0 spiro atoms. The highest BCUT2D eigenvalue weighted by molar-refractivity contribution is 6.01. The van der Waals surface area contributed by atoms with Gasteiger partial charge < -0.3 is 19.5 Å². The first-order chi connectivity index (χ1) is 14.2. The zero-order valence-electron chi connectivity index (χ0n) is 16.2. The molecule has 1 fully saturated rings. The van der Waals surface area contributed by atoms with Crippen molar-refractivity contribution in [1.29, 1.82) is 5.26 Å². The van der Waals surface area contributed by atoms with Gasteiger partial charge in [-0.25, -0.2) is 0 Å². The second-order valence-corrected chi connectivity index (χ2v) is 6.59. The Labute approximate surface area is 170 Å². The predicted molar refractivity (Wildman–Crippen MR) is 109 cm³/mol. The van der Waals surface area contributed by atoms with Gasteiger partial charge in [-0.15, -0.1) is 0 Å². The molecule has 0 saturated carbocycles. The lowest BCUT2D eigenvalue weighted by Crippen LogP contribution is -2.32. The van der Waals surface area contributed by atoms with Crippen LogP contribution < -0.4 is 14.8 Å². The van der Waals surface area contributed by atoms with Crippen LogP contribution in [-0.4, -0.2) is 38.4 Å². The topological polar surface area (TPSA) is 80.6 Å². The third kappa shape index (κ3) is 6.66. The second kappa shape index (κ2) is 10.9. The highest BCUT2D eigenvalue weighted by Gasteiger charge is 2.17. The third-order valence-electron chi connectivity index (χ3n) is 4.43. The van der Waals surface area contributed by atoms with Crippen molar-refractivity contribution in [3.8, 4) is 17.6 Å². The molecule has 0 aliphatic carbocycles. The van der Waals surface area contributed by atoms with E-state index in [9.17, 15) is 10.1 Å². The second-order valence-electron chi connectivity index (χ2n) is 6.59. The Kier molecular flexibility index (Phi) is 7.67. The van der Waals surface area contributed by atoms with E-state index < -0.39 is 0 Å². The minimum absolute atomic E-state index is 0.0428. The zero-order chi connectivity index (χ0) is 20.3. The van der Waals surface area contributed by atoms with E-state index in [0.29, 0.717) is 25.5 Å². The fourth-order valence-corrected chi connectivity index (χ4v) is 2.92. The molecule has 6 nitrogen and oxygen atoms in total. The number of amides is 1. The van der Waals surface area contributed by atoms with Crippen molar-refractivity contribution in [3.05, 3.63) is 65.7 Å². The lowest BCUT2D eigenvalue weighted by molar-refractivity contribution is -0.117. The van der Waals surface area contributed by atoms with Crippen molar-refractivity contribution in [3.63, 3.8) is 0 Å². The van der Waals surface area contributed by atoms with Crippen LogP contribution in [0.15, 0.2) is 60.2 Å². The standard InChI is InChI=1S/C23H24N2O4/c24-16-19(23(26)25-17-22-7-4-12-27-22)15-18-8-10-21(11-9-18)29-14-13-28-20-5-2-1-3-6-20/h1-3,5-6,8-11,15,22H,4,7,12-14,17H2,(H,25,26)/b19-15+. The number of hydrogen-bond acceptors (Lipinski definition) is 5. The van der Waals surface area contributed by atoms with E-state index >= 15 is 0 Å². The Morgan fingerprint density at radius 3 is 2.41 bits per heavy atom. The van der Waals surface area contributed by atoms with Crippen molar-refractivity contribution < 1.29 is 19.0 Å². The maximum absolute atomic E-state index is 12.2. The maximum Gasteiger partial charge on any atom is 0.262 e. The van der Waals surface area contributed by atoms with Crippen LogP contribution >= 0.6 is 0 Å². The molecule has 1 amide bonds. The van der Waals surface area contributed by atoms with Gasteiger partial charge in [-0.3, -0.25) is 4.79 Å². The molecular formula is C23H24N2O4. The highest BCUT2D eigenvalue weighted by Crippen LogP contribution is 2.15. The molecule has 1 atom stereocenters. The summed E-state index contributed by atoms with van der Waals surface area (Å²) in [6.45, 7) is 2.01. The number of hydrogen-bond donors (Lipinski definition) is 1. The quantitative estimate of drug-likeness (QED) is 0.402. The molecule has 0 aromatic heterocycles. The smallest absolute Gasteiger partial charge is 0.262 e. The van der Waals surface area contributed by atoms with E-state index in [-0.39, 0.29) is 17.6 Å². The van der Waals surface area contributed by atoms with Crippen molar-refractivity contribution in [2.24, 2.45) is 0 Å². The number of nitriles is 1. The van der Waals surface area contributed by atoms with Gasteiger partial charge >= 0.3 is 0 Å². The molecule has 0 bridgehead atoms. The van der Waals surface area contributed by atoms with Crippen LogP contribution in [-0.2, 0) is 9.53 Å².